The molecule has 1 aromatic carbocycles. The van der Waals surface area contributed by atoms with Crippen LogP contribution in [0.1, 0.15) is 42.7 Å². The maximum Gasteiger partial charge on any atom is 0.223 e. The summed E-state index contributed by atoms with van der Waals surface area (Å²) in [7, 11) is 2.19. The first-order valence-corrected chi connectivity index (χ1v) is 10.0. The van der Waals surface area contributed by atoms with Gasteiger partial charge in [0, 0.05) is 30.6 Å². The average Bonchev–Trinajstić information content (AvgIpc) is 3.14. The first-order chi connectivity index (χ1) is 12.2. The minimum absolute atomic E-state index is 0.234. The van der Waals surface area contributed by atoms with E-state index in [0.29, 0.717) is 25.6 Å². The number of likely N-dealkylation sites (tertiary alicyclic amines) is 1. The number of rotatable bonds is 7. The van der Waals surface area contributed by atoms with Crippen LogP contribution in [0, 0.1) is 0 Å². The van der Waals surface area contributed by atoms with Crippen LogP contribution in [0.5, 0.6) is 0 Å². The number of amides is 1. The molecule has 0 aliphatic carbocycles. The summed E-state index contributed by atoms with van der Waals surface area (Å²) in [6, 6.07) is 10.8. The first-order valence-electron chi connectivity index (χ1n) is 9.12. The molecule has 1 fully saturated rings. The quantitative estimate of drug-likeness (QED) is 0.753. The summed E-state index contributed by atoms with van der Waals surface area (Å²) in [6.07, 6.45) is 7.17. The summed E-state index contributed by atoms with van der Waals surface area (Å²) in [5, 5.41) is 2.97. The van der Waals surface area contributed by atoms with Crippen LogP contribution in [0.25, 0.3) is 0 Å². The van der Waals surface area contributed by atoms with Gasteiger partial charge in [0.1, 0.15) is 5.01 Å². The van der Waals surface area contributed by atoms with Crippen LogP contribution >= 0.6 is 11.3 Å². The molecule has 1 aliphatic rings. The largest absolute Gasteiger partial charge is 0.332 e. The zero-order valence-corrected chi connectivity index (χ0v) is 15.8. The number of carbonyl (C=O) groups excluding carboxylic acids is 1. The molecular formula is C20H27N3OS. The highest BCUT2D eigenvalue weighted by Gasteiger charge is 2.22. The van der Waals surface area contributed by atoms with Gasteiger partial charge in [-0.25, -0.2) is 4.98 Å². The van der Waals surface area contributed by atoms with E-state index in [1.807, 2.05) is 34.7 Å². The fraction of sp³-hybridized carbons (Fsp3) is 0.500. The van der Waals surface area contributed by atoms with Gasteiger partial charge in [-0.05, 0) is 38.4 Å². The van der Waals surface area contributed by atoms with Crippen LogP contribution in [0.4, 0.5) is 0 Å². The molecule has 1 atom stereocenters. The molecule has 134 valence electrons. The van der Waals surface area contributed by atoms with Gasteiger partial charge in [-0.3, -0.25) is 4.79 Å². The van der Waals surface area contributed by atoms with Crippen LogP contribution in [0.2, 0.25) is 0 Å². The number of hydrogen-bond donors (Lipinski definition) is 0. The molecule has 2 heterocycles. The number of nitrogens with zero attached hydrogens (tertiary/aromatic N) is 3. The molecule has 4 nitrogen and oxygen atoms in total. The fourth-order valence-electron chi connectivity index (χ4n) is 3.49. The van der Waals surface area contributed by atoms with Gasteiger partial charge in [0.05, 0.1) is 6.54 Å². The Balaban J connectivity index is 1.61. The molecule has 5 heteroatoms. The Hall–Kier alpha value is -1.72. The van der Waals surface area contributed by atoms with Crippen molar-refractivity contribution in [3.63, 3.8) is 0 Å². The third-order valence-corrected chi connectivity index (χ3v) is 5.76. The van der Waals surface area contributed by atoms with E-state index in [9.17, 15) is 4.79 Å². The van der Waals surface area contributed by atoms with Gasteiger partial charge in [0.2, 0.25) is 5.91 Å². The van der Waals surface area contributed by atoms with Crippen LogP contribution in [0.15, 0.2) is 41.9 Å². The van der Waals surface area contributed by atoms with Gasteiger partial charge in [-0.2, -0.15) is 0 Å². The topological polar surface area (TPSA) is 36.4 Å². The van der Waals surface area contributed by atoms with E-state index >= 15 is 0 Å². The molecule has 0 bridgehead atoms. The van der Waals surface area contributed by atoms with Crippen molar-refractivity contribution in [3.8, 4) is 0 Å². The number of piperidine rings is 1. The van der Waals surface area contributed by atoms with Crippen molar-refractivity contribution in [1.82, 2.24) is 14.8 Å². The number of benzene rings is 1. The van der Waals surface area contributed by atoms with Crippen LogP contribution in [-0.2, 0) is 17.9 Å². The minimum atomic E-state index is 0.234. The predicted octanol–water partition coefficient (Wildman–Crippen LogP) is 3.94. The lowest BCUT2D eigenvalue weighted by Gasteiger charge is -2.33. The normalized spacial score (nSPS) is 18.2. The van der Waals surface area contributed by atoms with E-state index in [2.05, 4.69) is 29.1 Å². The highest BCUT2D eigenvalue weighted by atomic mass is 32.1. The SMILES string of the molecule is CN1CCCC[C@@H]1CCC(=O)N(Cc1ccccc1)Cc1nccs1. The second-order valence-corrected chi connectivity index (χ2v) is 7.81. The molecule has 2 aromatic rings. The Kier molecular flexibility index (Phi) is 6.59. The van der Waals surface area contributed by atoms with Crippen molar-refractivity contribution in [2.24, 2.45) is 0 Å². The van der Waals surface area contributed by atoms with Crippen molar-refractivity contribution in [1.29, 1.82) is 0 Å². The molecule has 1 saturated heterocycles. The van der Waals surface area contributed by atoms with Crippen LogP contribution in [0.3, 0.4) is 0 Å². The molecule has 0 radical (unpaired) electrons. The summed E-state index contributed by atoms with van der Waals surface area (Å²) in [4.78, 5) is 21.6. The molecule has 0 N–H and O–H groups in total. The Morgan fingerprint density at radius 3 is 2.84 bits per heavy atom. The molecule has 1 amide bonds. The van der Waals surface area contributed by atoms with Crippen molar-refractivity contribution >= 4 is 17.2 Å². The van der Waals surface area contributed by atoms with E-state index in [1.165, 1.54) is 24.8 Å². The van der Waals surface area contributed by atoms with Gasteiger partial charge < -0.3 is 9.80 Å². The van der Waals surface area contributed by atoms with Gasteiger partial charge in [0.15, 0.2) is 0 Å². The van der Waals surface area contributed by atoms with Gasteiger partial charge in [-0.1, -0.05) is 36.8 Å². The van der Waals surface area contributed by atoms with Crippen LogP contribution in [-0.4, -0.2) is 40.3 Å². The smallest absolute Gasteiger partial charge is 0.223 e. The number of thiazole rings is 1. The lowest BCUT2D eigenvalue weighted by molar-refractivity contribution is -0.132. The van der Waals surface area contributed by atoms with Crippen molar-refractivity contribution < 1.29 is 4.79 Å². The zero-order valence-electron chi connectivity index (χ0n) is 14.9. The lowest BCUT2D eigenvalue weighted by Crippen LogP contribution is -2.38. The third kappa shape index (κ3) is 5.38. The third-order valence-electron chi connectivity index (χ3n) is 4.99. The average molecular weight is 358 g/mol. The van der Waals surface area contributed by atoms with Crippen LogP contribution < -0.4 is 0 Å². The molecule has 3 rings (SSSR count). The second-order valence-electron chi connectivity index (χ2n) is 6.83. The lowest BCUT2D eigenvalue weighted by atomic mass is 9.98. The Morgan fingerprint density at radius 2 is 2.12 bits per heavy atom. The molecular weight excluding hydrogens is 330 g/mol. The first kappa shape index (κ1) is 18.1. The monoisotopic (exact) mass is 357 g/mol. The van der Waals surface area contributed by atoms with E-state index < -0.39 is 0 Å². The number of aromatic nitrogens is 1. The highest BCUT2D eigenvalue weighted by molar-refractivity contribution is 7.09. The van der Waals surface area contributed by atoms with E-state index in [-0.39, 0.29) is 5.91 Å². The Labute approximate surface area is 154 Å². The van der Waals surface area contributed by atoms with Crippen molar-refractivity contribution in [3.05, 3.63) is 52.5 Å². The van der Waals surface area contributed by atoms with E-state index in [0.717, 1.165) is 18.0 Å². The van der Waals surface area contributed by atoms with Crippen molar-refractivity contribution in [2.75, 3.05) is 13.6 Å². The van der Waals surface area contributed by atoms with Gasteiger partial charge in [-0.15, -0.1) is 11.3 Å². The summed E-state index contributed by atoms with van der Waals surface area (Å²) in [5.74, 6) is 0.234. The Morgan fingerprint density at radius 1 is 1.28 bits per heavy atom. The van der Waals surface area contributed by atoms with E-state index in [4.69, 9.17) is 0 Å². The molecule has 0 spiro atoms. The molecule has 1 aromatic heterocycles. The summed E-state index contributed by atoms with van der Waals surface area (Å²) < 4.78 is 0. The Bertz CT molecular complexity index is 644. The van der Waals surface area contributed by atoms with E-state index in [1.54, 1.807) is 11.3 Å². The summed E-state index contributed by atoms with van der Waals surface area (Å²) in [5.41, 5.74) is 1.17. The maximum absolute atomic E-state index is 12.9. The summed E-state index contributed by atoms with van der Waals surface area (Å²) in [6.45, 7) is 2.41. The zero-order chi connectivity index (χ0) is 17.5. The molecule has 0 saturated carbocycles. The minimum Gasteiger partial charge on any atom is -0.332 e. The predicted molar refractivity (Wildman–Crippen MR) is 102 cm³/mol. The molecule has 0 unspecified atom stereocenters. The molecule has 25 heavy (non-hydrogen) atoms. The molecule has 1 aliphatic heterocycles. The van der Waals surface area contributed by atoms with Crippen molar-refractivity contribution in [2.45, 2.75) is 51.2 Å². The highest BCUT2D eigenvalue weighted by Crippen LogP contribution is 2.20. The maximum atomic E-state index is 12.9. The van der Waals surface area contributed by atoms with Gasteiger partial charge >= 0.3 is 0 Å². The second kappa shape index (κ2) is 9.11. The number of hydrogen-bond acceptors (Lipinski definition) is 4. The summed E-state index contributed by atoms with van der Waals surface area (Å²) >= 11 is 1.61. The standard InChI is InChI=1S/C20H27N3OS/c1-22-13-6-5-9-18(22)10-11-20(24)23(16-19-21-12-14-25-19)15-17-7-3-2-4-8-17/h2-4,7-8,12,14,18H,5-6,9-11,13,15-16H2,1H3/t18-/m1/s1. The van der Waals surface area contributed by atoms with Gasteiger partial charge in [0.25, 0.3) is 0 Å². The fourth-order valence-corrected chi connectivity index (χ4v) is 4.12. The number of carbonyl (C=O) groups is 1.